The molecule has 0 aliphatic rings. The van der Waals surface area contributed by atoms with E-state index in [2.05, 4.69) is 48.4 Å². The highest BCUT2D eigenvalue weighted by Gasteiger charge is 2.14. The molecule has 112 valence electrons. The first-order chi connectivity index (χ1) is 10.3. The van der Waals surface area contributed by atoms with Crippen molar-refractivity contribution in [2.24, 2.45) is 0 Å². The average Bonchev–Trinajstić information content (AvgIpc) is 2.52. The van der Waals surface area contributed by atoms with Crippen LogP contribution in [0, 0.1) is 0 Å². The van der Waals surface area contributed by atoms with Crippen molar-refractivity contribution in [2.75, 3.05) is 6.54 Å². The molecule has 21 heavy (non-hydrogen) atoms. The summed E-state index contributed by atoms with van der Waals surface area (Å²) in [6.45, 7) is 5.43. The van der Waals surface area contributed by atoms with Crippen LogP contribution < -0.4 is 5.32 Å². The van der Waals surface area contributed by atoms with Crippen LogP contribution in [0.15, 0.2) is 52.5 Å². The number of pyridine rings is 1. The molecule has 1 atom stereocenters. The molecule has 0 aliphatic carbocycles. The van der Waals surface area contributed by atoms with Gasteiger partial charge in [0.15, 0.2) is 0 Å². The Labute approximate surface area is 136 Å². The van der Waals surface area contributed by atoms with Gasteiger partial charge < -0.3 is 5.32 Å². The number of rotatable bonds is 7. The standard InChI is InChI=1S/C17H21ClN2S/c1-3-11-19-15(4-2)13-8-5-6-10-16(13)21-17-14(18)9-7-12-20-17/h5-10,12,15,19H,3-4,11H2,1-2H3. The average molecular weight is 321 g/mol. The largest absolute Gasteiger partial charge is 0.310 e. The van der Waals surface area contributed by atoms with Gasteiger partial charge in [0.05, 0.1) is 5.02 Å². The van der Waals surface area contributed by atoms with Crippen molar-refractivity contribution in [3.63, 3.8) is 0 Å². The zero-order valence-electron chi connectivity index (χ0n) is 12.5. The Morgan fingerprint density at radius 1 is 1.19 bits per heavy atom. The summed E-state index contributed by atoms with van der Waals surface area (Å²) in [5, 5.41) is 5.17. The highest BCUT2D eigenvalue weighted by Crippen LogP contribution is 2.36. The van der Waals surface area contributed by atoms with Gasteiger partial charge in [0.2, 0.25) is 0 Å². The molecular weight excluding hydrogens is 300 g/mol. The van der Waals surface area contributed by atoms with Crippen LogP contribution >= 0.6 is 23.4 Å². The maximum Gasteiger partial charge on any atom is 0.119 e. The lowest BCUT2D eigenvalue weighted by Crippen LogP contribution is -2.21. The van der Waals surface area contributed by atoms with E-state index in [9.17, 15) is 0 Å². The molecule has 2 aromatic rings. The van der Waals surface area contributed by atoms with E-state index >= 15 is 0 Å². The first-order valence-electron chi connectivity index (χ1n) is 7.37. The van der Waals surface area contributed by atoms with Crippen LogP contribution in [0.25, 0.3) is 0 Å². The molecule has 0 fully saturated rings. The molecule has 0 radical (unpaired) electrons. The number of hydrogen-bond acceptors (Lipinski definition) is 3. The minimum Gasteiger partial charge on any atom is -0.310 e. The fraction of sp³-hybridized carbons (Fsp3) is 0.353. The third-order valence-electron chi connectivity index (χ3n) is 3.27. The van der Waals surface area contributed by atoms with Gasteiger partial charge in [0, 0.05) is 17.1 Å². The normalized spacial score (nSPS) is 12.3. The molecule has 4 heteroatoms. The third-order valence-corrected chi connectivity index (χ3v) is 4.80. The van der Waals surface area contributed by atoms with E-state index in [1.54, 1.807) is 18.0 Å². The van der Waals surface area contributed by atoms with Crippen molar-refractivity contribution >= 4 is 23.4 Å². The lowest BCUT2D eigenvalue weighted by molar-refractivity contribution is 0.512. The topological polar surface area (TPSA) is 24.9 Å². The van der Waals surface area contributed by atoms with Crippen LogP contribution in [0.2, 0.25) is 5.02 Å². The van der Waals surface area contributed by atoms with Gasteiger partial charge in [0.1, 0.15) is 5.03 Å². The van der Waals surface area contributed by atoms with E-state index in [0.29, 0.717) is 11.1 Å². The second-order valence-electron chi connectivity index (χ2n) is 4.85. The number of aromatic nitrogens is 1. The highest BCUT2D eigenvalue weighted by atomic mass is 35.5. The van der Waals surface area contributed by atoms with Crippen molar-refractivity contribution in [1.29, 1.82) is 0 Å². The lowest BCUT2D eigenvalue weighted by Gasteiger charge is -2.20. The Hall–Kier alpha value is -1.03. The minimum atomic E-state index is 0.371. The van der Waals surface area contributed by atoms with E-state index in [1.165, 1.54) is 10.5 Å². The predicted octanol–water partition coefficient (Wildman–Crippen LogP) is 5.34. The fourth-order valence-electron chi connectivity index (χ4n) is 2.20. The van der Waals surface area contributed by atoms with Crippen molar-refractivity contribution in [1.82, 2.24) is 10.3 Å². The molecule has 0 aliphatic heterocycles. The van der Waals surface area contributed by atoms with Gasteiger partial charge in [-0.3, -0.25) is 0 Å². The lowest BCUT2D eigenvalue weighted by atomic mass is 10.0. The van der Waals surface area contributed by atoms with Gasteiger partial charge in [-0.05, 0) is 43.1 Å². The quantitative estimate of drug-likeness (QED) is 0.745. The summed E-state index contributed by atoms with van der Waals surface area (Å²) in [5.41, 5.74) is 1.32. The van der Waals surface area contributed by atoms with Crippen molar-refractivity contribution < 1.29 is 0 Å². The Bertz CT molecular complexity index is 574. The van der Waals surface area contributed by atoms with Gasteiger partial charge in [-0.1, -0.05) is 55.4 Å². The summed E-state index contributed by atoms with van der Waals surface area (Å²) in [7, 11) is 0. The first-order valence-corrected chi connectivity index (χ1v) is 8.56. The van der Waals surface area contributed by atoms with Crippen molar-refractivity contribution in [3.8, 4) is 0 Å². The molecule has 1 heterocycles. The van der Waals surface area contributed by atoms with Crippen molar-refractivity contribution in [2.45, 2.75) is 42.7 Å². The summed E-state index contributed by atoms with van der Waals surface area (Å²) < 4.78 is 0. The van der Waals surface area contributed by atoms with E-state index in [0.717, 1.165) is 24.4 Å². The van der Waals surface area contributed by atoms with Crippen LogP contribution in [0.4, 0.5) is 0 Å². The summed E-state index contributed by atoms with van der Waals surface area (Å²) >= 11 is 7.86. The highest BCUT2D eigenvalue weighted by molar-refractivity contribution is 7.99. The molecule has 0 amide bonds. The third kappa shape index (κ3) is 4.47. The van der Waals surface area contributed by atoms with E-state index in [4.69, 9.17) is 11.6 Å². The van der Waals surface area contributed by atoms with Crippen LogP contribution in [-0.4, -0.2) is 11.5 Å². The van der Waals surface area contributed by atoms with Gasteiger partial charge in [-0.25, -0.2) is 4.98 Å². The predicted molar refractivity (Wildman–Crippen MR) is 91.1 cm³/mol. The molecule has 0 saturated heterocycles. The molecule has 1 aromatic heterocycles. The Kier molecular flexibility index (Phi) is 6.55. The molecule has 2 nitrogen and oxygen atoms in total. The monoisotopic (exact) mass is 320 g/mol. The van der Waals surface area contributed by atoms with Crippen LogP contribution in [0.1, 0.15) is 38.3 Å². The number of hydrogen-bond donors (Lipinski definition) is 1. The molecule has 0 spiro atoms. The minimum absolute atomic E-state index is 0.371. The Balaban J connectivity index is 2.26. The maximum atomic E-state index is 6.22. The Morgan fingerprint density at radius 2 is 2.00 bits per heavy atom. The number of nitrogens with zero attached hydrogens (tertiary/aromatic N) is 1. The smallest absolute Gasteiger partial charge is 0.119 e. The van der Waals surface area contributed by atoms with Gasteiger partial charge in [-0.15, -0.1) is 0 Å². The molecule has 1 N–H and O–H groups in total. The van der Waals surface area contributed by atoms with E-state index in [-0.39, 0.29) is 0 Å². The number of halogens is 1. The number of benzene rings is 1. The van der Waals surface area contributed by atoms with Crippen molar-refractivity contribution in [3.05, 3.63) is 53.2 Å². The van der Waals surface area contributed by atoms with Crippen LogP contribution in [-0.2, 0) is 0 Å². The zero-order valence-corrected chi connectivity index (χ0v) is 14.0. The molecule has 1 aromatic carbocycles. The fourth-order valence-corrected chi connectivity index (χ4v) is 3.40. The van der Waals surface area contributed by atoms with Crippen LogP contribution in [0.3, 0.4) is 0 Å². The van der Waals surface area contributed by atoms with E-state index in [1.807, 2.05) is 12.1 Å². The molecule has 0 saturated carbocycles. The molecule has 0 bridgehead atoms. The van der Waals surface area contributed by atoms with Gasteiger partial charge >= 0.3 is 0 Å². The van der Waals surface area contributed by atoms with Crippen LogP contribution in [0.5, 0.6) is 0 Å². The van der Waals surface area contributed by atoms with Gasteiger partial charge in [0.25, 0.3) is 0 Å². The summed E-state index contributed by atoms with van der Waals surface area (Å²) in [4.78, 5) is 5.59. The summed E-state index contributed by atoms with van der Waals surface area (Å²) in [6, 6.07) is 12.6. The second kappa shape index (κ2) is 8.42. The molecule has 2 rings (SSSR count). The van der Waals surface area contributed by atoms with E-state index < -0.39 is 0 Å². The number of nitrogens with one attached hydrogen (secondary N) is 1. The zero-order chi connectivity index (χ0) is 15.1. The summed E-state index contributed by atoms with van der Waals surface area (Å²) in [5.74, 6) is 0. The maximum absolute atomic E-state index is 6.22. The molecular formula is C17H21ClN2S. The Morgan fingerprint density at radius 3 is 2.71 bits per heavy atom. The summed E-state index contributed by atoms with van der Waals surface area (Å²) in [6.07, 6.45) is 3.98. The second-order valence-corrected chi connectivity index (χ2v) is 6.28. The SMILES string of the molecule is CCCNC(CC)c1ccccc1Sc1ncccc1Cl. The first kappa shape index (κ1) is 16.3. The molecule has 1 unspecified atom stereocenters. The van der Waals surface area contributed by atoms with Gasteiger partial charge in [-0.2, -0.15) is 0 Å².